The van der Waals surface area contributed by atoms with Crippen LogP contribution in [-0.4, -0.2) is 21.9 Å². The van der Waals surface area contributed by atoms with E-state index < -0.39 is 10.8 Å². The van der Waals surface area contributed by atoms with Crippen molar-refractivity contribution in [1.82, 2.24) is 5.32 Å². The molecular weight excluding hydrogens is 248 g/mol. The summed E-state index contributed by atoms with van der Waals surface area (Å²) in [6, 6.07) is 6.88. The number of amides is 1. The average Bonchev–Trinajstić information content (AvgIpc) is 2.29. The van der Waals surface area contributed by atoms with Gasteiger partial charge in [-0.3, -0.25) is 9.00 Å². The third-order valence-electron chi connectivity index (χ3n) is 2.53. The van der Waals surface area contributed by atoms with Crippen molar-refractivity contribution >= 4 is 22.4 Å². The Balaban J connectivity index is 2.49. The van der Waals surface area contributed by atoms with Crippen LogP contribution in [0.1, 0.15) is 26.7 Å². The SMILES string of the molecule is CCCC(C)NC(=O)CS(=O)c1ccc(N)cc1. The van der Waals surface area contributed by atoms with Crippen LogP contribution in [0.25, 0.3) is 0 Å². The zero-order valence-corrected chi connectivity index (χ0v) is 11.6. The molecule has 2 atom stereocenters. The third-order valence-corrected chi connectivity index (χ3v) is 3.86. The summed E-state index contributed by atoms with van der Waals surface area (Å²) in [5.74, 6) is -0.177. The summed E-state index contributed by atoms with van der Waals surface area (Å²) in [6.07, 6.45) is 1.95. The van der Waals surface area contributed by atoms with E-state index in [4.69, 9.17) is 5.73 Å². The second kappa shape index (κ2) is 7.16. The Morgan fingerprint density at radius 3 is 2.56 bits per heavy atom. The van der Waals surface area contributed by atoms with E-state index in [1.54, 1.807) is 24.3 Å². The summed E-state index contributed by atoms with van der Waals surface area (Å²) in [4.78, 5) is 12.3. The average molecular weight is 268 g/mol. The van der Waals surface area contributed by atoms with Crippen LogP contribution in [-0.2, 0) is 15.6 Å². The number of nitrogen functional groups attached to an aromatic ring is 1. The molecule has 0 spiro atoms. The molecule has 100 valence electrons. The predicted molar refractivity (Wildman–Crippen MR) is 74.6 cm³/mol. The Hall–Kier alpha value is -1.36. The lowest BCUT2D eigenvalue weighted by Crippen LogP contribution is -2.35. The van der Waals surface area contributed by atoms with E-state index in [0.29, 0.717) is 10.6 Å². The number of hydrogen-bond donors (Lipinski definition) is 2. The van der Waals surface area contributed by atoms with Crippen LogP contribution in [0.4, 0.5) is 5.69 Å². The maximum absolute atomic E-state index is 11.9. The normalized spacial score (nSPS) is 13.9. The van der Waals surface area contributed by atoms with Crippen LogP contribution in [0.15, 0.2) is 29.2 Å². The highest BCUT2D eigenvalue weighted by atomic mass is 32.2. The van der Waals surface area contributed by atoms with Crippen molar-refractivity contribution in [3.8, 4) is 0 Å². The van der Waals surface area contributed by atoms with Crippen LogP contribution in [0.3, 0.4) is 0 Å². The van der Waals surface area contributed by atoms with Crippen molar-refractivity contribution in [1.29, 1.82) is 0 Å². The zero-order chi connectivity index (χ0) is 13.5. The zero-order valence-electron chi connectivity index (χ0n) is 10.8. The van der Waals surface area contributed by atoms with Crippen molar-refractivity contribution in [2.45, 2.75) is 37.6 Å². The van der Waals surface area contributed by atoms with Crippen molar-refractivity contribution in [2.24, 2.45) is 0 Å². The first-order valence-corrected chi connectivity index (χ1v) is 7.38. The smallest absolute Gasteiger partial charge is 0.233 e. The van der Waals surface area contributed by atoms with Crippen LogP contribution in [0.5, 0.6) is 0 Å². The summed E-state index contributed by atoms with van der Waals surface area (Å²) in [6.45, 7) is 4.02. The number of benzene rings is 1. The van der Waals surface area contributed by atoms with Crippen LogP contribution in [0.2, 0.25) is 0 Å². The largest absolute Gasteiger partial charge is 0.399 e. The van der Waals surface area contributed by atoms with Crippen molar-refractivity contribution in [3.63, 3.8) is 0 Å². The molecule has 0 aliphatic heterocycles. The number of nitrogens with one attached hydrogen (secondary N) is 1. The van der Waals surface area contributed by atoms with E-state index in [9.17, 15) is 9.00 Å². The summed E-state index contributed by atoms with van der Waals surface area (Å²) in [5, 5.41) is 2.84. The Morgan fingerprint density at radius 1 is 1.39 bits per heavy atom. The highest BCUT2D eigenvalue weighted by Gasteiger charge is 2.12. The number of anilines is 1. The Labute approximate surface area is 110 Å². The molecule has 1 amide bonds. The van der Waals surface area contributed by atoms with Crippen LogP contribution in [0, 0.1) is 0 Å². The van der Waals surface area contributed by atoms with Gasteiger partial charge in [0.15, 0.2) is 0 Å². The van der Waals surface area contributed by atoms with Gasteiger partial charge in [-0.05, 0) is 37.6 Å². The lowest BCUT2D eigenvalue weighted by molar-refractivity contribution is -0.119. The molecule has 0 aliphatic rings. The van der Waals surface area contributed by atoms with Gasteiger partial charge in [0.25, 0.3) is 0 Å². The maximum atomic E-state index is 11.9. The molecule has 2 unspecified atom stereocenters. The van der Waals surface area contributed by atoms with Gasteiger partial charge >= 0.3 is 0 Å². The quantitative estimate of drug-likeness (QED) is 0.771. The highest BCUT2D eigenvalue weighted by Crippen LogP contribution is 2.10. The first-order chi connectivity index (χ1) is 8.52. The Morgan fingerprint density at radius 2 is 2.00 bits per heavy atom. The van der Waals surface area contributed by atoms with E-state index >= 15 is 0 Å². The van der Waals surface area contributed by atoms with Gasteiger partial charge in [0.1, 0.15) is 5.75 Å². The second-order valence-corrected chi connectivity index (χ2v) is 5.77. The molecule has 0 saturated carbocycles. The minimum atomic E-state index is -1.31. The molecule has 1 rings (SSSR count). The van der Waals surface area contributed by atoms with Crippen LogP contribution >= 0.6 is 0 Å². The van der Waals surface area contributed by atoms with Gasteiger partial charge in [-0.25, -0.2) is 0 Å². The molecule has 0 radical (unpaired) electrons. The molecule has 0 heterocycles. The summed E-state index contributed by atoms with van der Waals surface area (Å²) in [7, 11) is -1.31. The number of carbonyl (C=O) groups excluding carboxylic acids is 1. The minimum absolute atomic E-state index is 0.00201. The van der Waals surface area contributed by atoms with Crippen molar-refractivity contribution < 1.29 is 9.00 Å². The van der Waals surface area contributed by atoms with E-state index in [2.05, 4.69) is 12.2 Å². The van der Waals surface area contributed by atoms with Gasteiger partial charge in [0, 0.05) is 16.6 Å². The molecular formula is C13H20N2O2S. The van der Waals surface area contributed by atoms with Crippen molar-refractivity contribution in [2.75, 3.05) is 11.5 Å². The first kappa shape index (κ1) is 14.7. The monoisotopic (exact) mass is 268 g/mol. The molecule has 4 nitrogen and oxygen atoms in total. The molecule has 0 saturated heterocycles. The second-order valence-electron chi connectivity index (χ2n) is 4.32. The maximum Gasteiger partial charge on any atom is 0.233 e. The molecule has 1 aromatic carbocycles. The number of carbonyl (C=O) groups is 1. The topological polar surface area (TPSA) is 72.2 Å². The van der Waals surface area contributed by atoms with Crippen molar-refractivity contribution in [3.05, 3.63) is 24.3 Å². The fraction of sp³-hybridized carbons (Fsp3) is 0.462. The molecule has 1 aromatic rings. The lowest BCUT2D eigenvalue weighted by atomic mass is 10.2. The Kier molecular flexibility index (Phi) is 5.85. The number of hydrogen-bond acceptors (Lipinski definition) is 3. The predicted octanol–water partition coefficient (Wildman–Crippen LogP) is 1.68. The molecule has 0 aliphatic carbocycles. The first-order valence-electron chi connectivity index (χ1n) is 6.06. The van der Waals surface area contributed by atoms with Crippen LogP contribution < -0.4 is 11.1 Å². The Bertz CT molecular complexity index is 418. The van der Waals surface area contributed by atoms with Gasteiger partial charge in [-0.15, -0.1) is 0 Å². The van der Waals surface area contributed by atoms with E-state index in [-0.39, 0.29) is 17.7 Å². The van der Waals surface area contributed by atoms with Gasteiger partial charge in [0.2, 0.25) is 5.91 Å². The molecule has 5 heteroatoms. The molecule has 0 bridgehead atoms. The summed E-state index contributed by atoms with van der Waals surface area (Å²) >= 11 is 0. The lowest BCUT2D eigenvalue weighted by Gasteiger charge is -2.12. The summed E-state index contributed by atoms with van der Waals surface area (Å²) in [5.41, 5.74) is 6.17. The minimum Gasteiger partial charge on any atom is -0.399 e. The summed E-state index contributed by atoms with van der Waals surface area (Å²) < 4.78 is 11.9. The molecule has 0 fully saturated rings. The molecule has 3 N–H and O–H groups in total. The number of rotatable bonds is 6. The van der Waals surface area contributed by atoms with E-state index in [1.807, 2.05) is 6.92 Å². The van der Waals surface area contributed by atoms with Gasteiger partial charge in [-0.1, -0.05) is 13.3 Å². The van der Waals surface area contributed by atoms with E-state index in [0.717, 1.165) is 12.8 Å². The number of nitrogens with two attached hydrogens (primary N) is 1. The van der Waals surface area contributed by atoms with Gasteiger partial charge < -0.3 is 11.1 Å². The van der Waals surface area contributed by atoms with Gasteiger partial charge in [-0.2, -0.15) is 0 Å². The molecule has 0 aromatic heterocycles. The fourth-order valence-corrected chi connectivity index (χ4v) is 2.57. The molecule has 18 heavy (non-hydrogen) atoms. The fourth-order valence-electron chi connectivity index (χ4n) is 1.64. The standard InChI is InChI=1S/C13H20N2O2S/c1-3-4-10(2)15-13(16)9-18(17)12-7-5-11(14)6-8-12/h5-8,10H,3-4,9,14H2,1-2H3,(H,15,16). The van der Waals surface area contributed by atoms with Gasteiger partial charge in [0.05, 0.1) is 10.8 Å². The highest BCUT2D eigenvalue weighted by molar-refractivity contribution is 7.85. The van der Waals surface area contributed by atoms with E-state index in [1.165, 1.54) is 0 Å². The third kappa shape index (κ3) is 4.87.